The van der Waals surface area contributed by atoms with Crippen LogP contribution in [0, 0.1) is 17.5 Å². The number of ether oxygens (including phenoxy) is 1. The van der Waals surface area contributed by atoms with Gasteiger partial charge in [0, 0.05) is 43.3 Å². The topological polar surface area (TPSA) is 73.5 Å². The Morgan fingerprint density at radius 2 is 1.75 bits per heavy atom. The molecule has 7 nitrogen and oxygen atoms in total. The van der Waals surface area contributed by atoms with Gasteiger partial charge in [-0.3, -0.25) is 9.89 Å². The summed E-state index contributed by atoms with van der Waals surface area (Å²) >= 11 is 0. The lowest BCUT2D eigenvalue weighted by molar-refractivity contribution is 0.102. The molecule has 1 aliphatic rings. The molecule has 0 aliphatic carbocycles. The Balaban J connectivity index is 1.30. The van der Waals surface area contributed by atoms with E-state index in [1.165, 1.54) is 24.3 Å². The van der Waals surface area contributed by atoms with E-state index in [1.807, 2.05) is 7.05 Å². The molecular weight excluding hydrogens is 471 g/mol. The Bertz CT molecular complexity index is 1400. The number of carbonyl (C=O) groups excluding carboxylic acids is 1. The maximum Gasteiger partial charge on any atom is 0.259 e. The maximum absolute atomic E-state index is 14.9. The van der Waals surface area contributed by atoms with Gasteiger partial charge in [0.1, 0.15) is 29.8 Å². The number of piperazine rings is 1. The summed E-state index contributed by atoms with van der Waals surface area (Å²) in [5, 5.41) is 10.1. The van der Waals surface area contributed by atoms with E-state index < -0.39 is 23.4 Å². The number of aromatic amines is 1. The molecule has 1 aliphatic heterocycles. The molecule has 186 valence electrons. The fourth-order valence-electron chi connectivity index (χ4n) is 4.16. The van der Waals surface area contributed by atoms with E-state index in [0.29, 0.717) is 22.2 Å². The Morgan fingerprint density at radius 1 is 1.00 bits per heavy atom. The molecule has 0 unspecified atom stereocenters. The van der Waals surface area contributed by atoms with Crippen LogP contribution in [0.4, 0.5) is 24.7 Å². The Labute approximate surface area is 205 Å². The first-order chi connectivity index (χ1) is 17.4. The van der Waals surface area contributed by atoms with Gasteiger partial charge < -0.3 is 19.9 Å². The molecule has 0 saturated carbocycles. The van der Waals surface area contributed by atoms with E-state index in [4.69, 9.17) is 4.74 Å². The third kappa shape index (κ3) is 5.13. The molecule has 2 N–H and O–H groups in total. The highest BCUT2D eigenvalue weighted by Gasteiger charge is 2.19. The van der Waals surface area contributed by atoms with Gasteiger partial charge in [-0.25, -0.2) is 13.2 Å². The molecule has 36 heavy (non-hydrogen) atoms. The molecule has 0 atom stereocenters. The zero-order valence-electron chi connectivity index (χ0n) is 19.5. The van der Waals surface area contributed by atoms with Crippen molar-refractivity contribution in [3.05, 3.63) is 83.2 Å². The van der Waals surface area contributed by atoms with Crippen molar-refractivity contribution in [1.82, 2.24) is 15.1 Å². The number of aromatic nitrogens is 2. The first-order valence-corrected chi connectivity index (χ1v) is 11.5. The molecule has 2 heterocycles. The normalized spacial score (nSPS) is 14.3. The van der Waals surface area contributed by atoms with E-state index in [1.54, 1.807) is 24.3 Å². The van der Waals surface area contributed by atoms with E-state index in [-0.39, 0.29) is 18.0 Å². The number of hydrogen-bond donors (Lipinski definition) is 2. The third-order valence-electron chi connectivity index (χ3n) is 6.16. The second-order valence-electron chi connectivity index (χ2n) is 8.75. The molecular formula is C26H24F3N5O2. The average molecular weight is 496 g/mol. The fraction of sp³-hybridized carbons (Fsp3) is 0.231. The van der Waals surface area contributed by atoms with Gasteiger partial charge in [0.05, 0.1) is 11.1 Å². The Hall–Kier alpha value is -4.05. The minimum absolute atomic E-state index is 0.0510. The minimum Gasteiger partial charge on any atom is -0.489 e. The standard InChI is InChI=1S/C26H24F3N5O2/c1-33-6-8-34(9-7-33)19-2-4-21(23(29)13-19)26(35)30-25-22-14-20(3-5-24(22)31-32-25)36-15-16-10-17(27)12-18(28)11-16/h2-5,10-14H,6-9,15H2,1H3,(H2,30,31,32,35). The number of H-pyrrole nitrogens is 1. The zero-order valence-corrected chi connectivity index (χ0v) is 19.5. The number of nitrogens with zero attached hydrogens (tertiary/aromatic N) is 3. The molecule has 0 radical (unpaired) electrons. The predicted octanol–water partition coefficient (Wildman–Crippen LogP) is 4.56. The number of fused-ring (bicyclic) bond motifs is 1. The monoisotopic (exact) mass is 495 g/mol. The van der Waals surface area contributed by atoms with E-state index >= 15 is 0 Å². The predicted molar refractivity (Wildman–Crippen MR) is 131 cm³/mol. The van der Waals surface area contributed by atoms with Crippen molar-refractivity contribution in [1.29, 1.82) is 0 Å². The van der Waals surface area contributed by atoms with Crippen molar-refractivity contribution in [2.24, 2.45) is 0 Å². The highest BCUT2D eigenvalue weighted by molar-refractivity contribution is 6.08. The second-order valence-corrected chi connectivity index (χ2v) is 8.75. The molecule has 1 fully saturated rings. The van der Waals surface area contributed by atoms with Crippen molar-refractivity contribution >= 4 is 28.3 Å². The Morgan fingerprint density at radius 3 is 2.47 bits per heavy atom. The van der Waals surface area contributed by atoms with E-state index in [0.717, 1.165) is 37.9 Å². The molecule has 0 spiro atoms. The molecule has 5 rings (SSSR count). The summed E-state index contributed by atoms with van der Waals surface area (Å²) in [7, 11) is 2.05. The number of benzene rings is 3. The first-order valence-electron chi connectivity index (χ1n) is 11.5. The third-order valence-corrected chi connectivity index (χ3v) is 6.16. The van der Waals surface area contributed by atoms with Crippen LogP contribution in [0.15, 0.2) is 54.6 Å². The van der Waals surface area contributed by atoms with Gasteiger partial charge in [0.15, 0.2) is 5.82 Å². The molecule has 1 saturated heterocycles. The summed E-state index contributed by atoms with van der Waals surface area (Å²) < 4.78 is 47.4. The molecule has 1 aromatic heterocycles. The molecule has 10 heteroatoms. The highest BCUT2D eigenvalue weighted by Crippen LogP contribution is 2.27. The lowest BCUT2D eigenvalue weighted by Gasteiger charge is -2.34. The number of nitrogens with one attached hydrogen (secondary N) is 2. The van der Waals surface area contributed by atoms with Gasteiger partial charge in [-0.1, -0.05) is 0 Å². The minimum atomic E-state index is -0.687. The maximum atomic E-state index is 14.9. The summed E-state index contributed by atoms with van der Waals surface area (Å²) in [6, 6.07) is 12.8. The summed E-state index contributed by atoms with van der Waals surface area (Å²) in [6.07, 6.45) is 0. The average Bonchev–Trinajstić information content (AvgIpc) is 3.24. The van der Waals surface area contributed by atoms with Crippen LogP contribution in [0.1, 0.15) is 15.9 Å². The fourth-order valence-corrected chi connectivity index (χ4v) is 4.16. The van der Waals surface area contributed by atoms with Crippen molar-refractivity contribution < 1.29 is 22.7 Å². The number of halogens is 3. The number of rotatable bonds is 6. The number of hydrogen-bond acceptors (Lipinski definition) is 5. The lowest BCUT2D eigenvalue weighted by atomic mass is 10.1. The largest absolute Gasteiger partial charge is 0.489 e. The number of carbonyl (C=O) groups is 1. The van der Waals surface area contributed by atoms with E-state index in [9.17, 15) is 18.0 Å². The smallest absolute Gasteiger partial charge is 0.259 e. The van der Waals surface area contributed by atoms with Gasteiger partial charge in [-0.05, 0) is 61.1 Å². The summed E-state index contributed by atoms with van der Waals surface area (Å²) in [5.74, 6) is -2.01. The van der Waals surface area contributed by atoms with Gasteiger partial charge in [0.2, 0.25) is 0 Å². The molecule has 0 bridgehead atoms. The summed E-state index contributed by atoms with van der Waals surface area (Å²) in [6.45, 7) is 3.31. The van der Waals surface area contributed by atoms with Crippen molar-refractivity contribution in [2.75, 3.05) is 43.4 Å². The number of amides is 1. The van der Waals surface area contributed by atoms with Crippen molar-refractivity contribution in [3.8, 4) is 5.75 Å². The quantitative estimate of drug-likeness (QED) is 0.410. The van der Waals surface area contributed by atoms with Crippen LogP contribution in [0.2, 0.25) is 0 Å². The number of anilines is 2. The van der Waals surface area contributed by atoms with Crippen LogP contribution in [-0.4, -0.2) is 54.2 Å². The van der Waals surface area contributed by atoms with E-state index in [2.05, 4.69) is 25.3 Å². The van der Waals surface area contributed by atoms with Crippen LogP contribution in [0.5, 0.6) is 5.75 Å². The Kier molecular flexibility index (Phi) is 6.51. The van der Waals surface area contributed by atoms with Crippen molar-refractivity contribution in [2.45, 2.75) is 6.61 Å². The van der Waals surface area contributed by atoms with Gasteiger partial charge in [0.25, 0.3) is 5.91 Å². The molecule has 4 aromatic rings. The van der Waals surface area contributed by atoms with Gasteiger partial charge in [-0.2, -0.15) is 5.10 Å². The van der Waals surface area contributed by atoms with Crippen LogP contribution < -0.4 is 15.0 Å². The van der Waals surface area contributed by atoms with Crippen LogP contribution in [-0.2, 0) is 6.61 Å². The first kappa shape index (κ1) is 23.7. The van der Waals surface area contributed by atoms with Gasteiger partial charge >= 0.3 is 0 Å². The molecule has 3 aromatic carbocycles. The summed E-state index contributed by atoms with van der Waals surface area (Å²) in [4.78, 5) is 17.1. The lowest BCUT2D eigenvalue weighted by Crippen LogP contribution is -2.44. The number of likely N-dealkylation sites (N-methyl/N-ethyl adjacent to an activating group) is 1. The van der Waals surface area contributed by atoms with Crippen LogP contribution >= 0.6 is 0 Å². The SMILES string of the molecule is CN1CCN(c2ccc(C(=O)Nc3n[nH]c4ccc(OCc5cc(F)cc(F)c5)cc34)c(F)c2)CC1. The van der Waals surface area contributed by atoms with Crippen LogP contribution in [0.3, 0.4) is 0 Å². The summed E-state index contributed by atoms with van der Waals surface area (Å²) in [5.41, 5.74) is 1.61. The highest BCUT2D eigenvalue weighted by atomic mass is 19.1. The van der Waals surface area contributed by atoms with Crippen molar-refractivity contribution in [3.63, 3.8) is 0 Å². The molecule has 1 amide bonds. The van der Waals surface area contributed by atoms with Crippen LogP contribution in [0.25, 0.3) is 10.9 Å². The second kappa shape index (κ2) is 9.90. The zero-order chi connectivity index (χ0) is 25.2. The van der Waals surface area contributed by atoms with Gasteiger partial charge in [-0.15, -0.1) is 0 Å².